The summed E-state index contributed by atoms with van der Waals surface area (Å²) in [5, 5.41) is 0. The van der Waals surface area contributed by atoms with Gasteiger partial charge < -0.3 is 5.73 Å². The van der Waals surface area contributed by atoms with Crippen molar-refractivity contribution in [3.8, 4) is 0 Å². The zero-order valence-electron chi connectivity index (χ0n) is 9.50. The molecule has 1 atom stereocenters. The molecular formula is C13H14N4. The first-order chi connectivity index (χ1) is 8.34. The third-order valence-electron chi connectivity index (χ3n) is 3.29. The minimum absolute atomic E-state index is 0.269. The van der Waals surface area contributed by atoms with Gasteiger partial charge >= 0.3 is 0 Å². The molecule has 0 saturated heterocycles. The van der Waals surface area contributed by atoms with Gasteiger partial charge in [0.15, 0.2) is 0 Å². The highest BCUT2D eigenvalue weighted by molar-refractivity contribution is 5.36. The number of benzene rings is 1. The summed E-state index contributed by atoms with van der Waals surface area (Å²) in [6.45, 7) is 0. The molecule has 1 aliphatic rings. The van der Waals surface area contributed by atoms with Crippen LogP contribution in [0.2, 0.25) is 0 Å². The van der Waals surface area contributed by atoms with Crippen LogP contribution in [0.25, 0.3) is 0 Å². The molecule has 4 heteroatoms. The quantitative estimate of drug-likeness (QED) is 0.806. The Balaban J connectivity index is 2.06. The van der Waals surface area contributed by atoms with Crippen LogP contribution in [0.4, 0.5) is 5.95 Å². The summed E-state index contributed by atoms with van der Waals surface area (Å²) in [5.41, 5.74) is 8.37. The molecule has 0 radical (unpaired) electrons. The molecule has 0 fully saturated rings. The summed E-state index contributed by atoms with van der Waals surface area (Å²) in [5.74, 6) is 1.37. The van der Waals surface area contributed by atoms with Gasteiger partial charge in [0, 0.05) is 5.92 Å². The number of nitrogens with two attached hydrogens (primary N) is 1. The monoisotopic (exact) mass is 226 g/mol. The van der Waals surface area contributed by atoms with E-state index in [1.807, 2.05) is 0 Å². The van der Waals surface area contributed by atoms with Gasteiger partial charge in [0.2, 0.25) is 5.95 Å². The van der Waals surface area contributed by atoms with E-state index in [9.17, 15) is 0 Å². The Hall–Kier alpha value is -1.97. The minimum Gasteiger partial charge on any atom is -0.368 e. The van der Waals surface area contributed by atoms with Crippen LogP contribution in [0.5, 0.6) is 0 Å². The Morgan fingerprint density at radius 2 is 2.06 bits per heavy atom. The molecule has 4 nitrogen and oxygen atoms in total. The highest BCUT2D eigenvalue weighted by Gasteiger charge is 2.23. The average Bonchev–Trinajstić information content (AvgIpc) is 2.38. The fourth-order valence-corrected chi connectivity index (χ4v) is 2.51. The Bertz CT molecular complexity index is 538. The maximum atomic E-state index is 5.62. The highest BCUT2D eigenvalue weighted by atomic mass is 15.1. The number of hydrogen-bond acceptors (Lipinski definition) is 4. The van der Waals surface area contributed by atoms with Gasteiger partial charge in [0.05, 0.1) is 0 Å². The largest absolute Gasteiger partial charge is 0.368 e. The van der Waals surface area contributed by atoms with Crippen molar-refractivity contribution in [2.24, 2.45) is 0 Å². The smallest absolute Gasteiger partial charge is 0.223 e. The van der Waals surface area contributed by atoms with Gasteiger partial charge in [-0.3, -0.25) is 0 Å². The molecular weight excluding hydrogens is 212 g/mol. The summed E-state index contributed by atoms with van der Waals surface area (Å²) < 4.78 is 0. The maximum Gasteiger partial charge on any atom is 0.223 e. The SMILES string of the molecule is Nc1ncnc(C2CCCc3ccccc32)n1. The van der Waals surface area contributed by atoms with E-state index < -0.39 is 0 Å². The van der Waals surface area contributed by atoms with Crippen molar-refractivity contribution in [2.45, 2.75) is 25.2 Å². The minimum atomic E-state index is 0.269. The molecule has 3 rings (SSSR count). The Labute approximate surface area is 99.9 Å². The van der Waals surface area contributed by atoms with Gasteiger partial charge in [-0.15, -0.1) is 0 Å². The van der Waals surface area contributed by atoms with Crippen molar-refractivity contribution >= 4 is 5.95 Å². The second-order valence-corrected chi connectivity index (χ2v) is 4.35. The molecule has 17 heavy (non-hydrogen) atoms. The van der Waals surface area contributed by atoms with E-state index in [1.165, 1.54) is 23.9 Å². The molecule has 0 bridgehead atoms. The summed E-state index contributed by atoms with van der Waals surface area (Å²) in [6, 6.07) is 8.51. The first-order valence-corrected chi connectivity index (χ1v) is 5.87. The van der Waals surface area contributed by atoms with E-state index in [0.29, 0.717) is 5.95 Å². The number of hydrogen-bond donors (Lipinski definition) is 1. The highest BCUT2D eigenvalue weighted by Crippen LogP contribution is 2.34. The second-order valence-electron chi connectivity index (χ2n) is 4.35. The zero-order chi connectivity index (χ0) is 11.7. The fourth-order valence-electron chi connectivity index (χ4n) is 2.51. The van der Waals surface area contributed by atoms with Gasteiger partial charge in [-0.2, -0.15) is 4.98 Å². The maximum absolute atomic E-state index is 5.62. The standard InChI is InChI=1S/C13H14N4/c14-13-16-8-15-12(17-13)11-7-3-5-9-4-1-2-6-10(9)11/h1-2,4,6,8,11H,3,5,7H2,(H2,14,15,16,17). The normalized spacial score (nSPS) is 18.7. The van der Waals surface area contributed by atoms with Gasteiger partial charge in [-0.05, 0) is 30.4 Å². The average molecular weight is 226 g/mol. The summed E-state index contributed by atoms with van der Waals surface area (Å²) in [7, 11) is 0. The lowest BCUT2D eigenvalue weighted by molar-refractivity contribution is 0.588. The van der Waals surface area contributed by atoms with E-state index in [0.717, 1.165) is 18.7 Å². The van der Waals surface area contributed by atoms with Crippen LogP contribution in [-0.2, 0) is 6.42 Å². The fraction of sp³-hybridized carbons (Fsp3) is 0.308. The lowest BCUT2D eigenvalue weighted by atomic mass is 9.82. The van der Waals surface area contributed by atoms with Crippen molar-refractivity contribution in [2.75, 3.05) is 5.73 Å². The number of aromatic nitrogens is 3. The van der Waals surface area contributed by atoms with Crippen molar-refractivity contribution in [1.82, 2.24) is 15.0 Å². The summed E-state index contributed by atoms with van der Waals surface area (Å²) in [4.78, 5) is 12.4. The number of nitrogens with zero attached hydrogens (tertiary/aromatic N) is 3. The second kappa shape index (κ2) is 4.13. The topological polar surface area (TPSA) is 64.7 Å². The first-order valence-electron chi connectivity index (χ1n) is 5.87. The number of nitrogen functional groups attached to an aromatic ring is 1. The first kappa shape index (κ1) is 10.2. The third-order valence-corrected chi connectivity index (χ3v) is 3.29. The Kier molecular flexibility index (Phi) is 2.48. The van der Waals surface area contributed by atoms with Crippen LogP contribution in [0, 0.1) is 0 Å². The van der Waals surface area contributed by atoms with Crippen molar-refractivity contribution in [3.63, 3.8) is 0 Å². The lowest BCUT2D eigenvalue weighted by Gasteiger charge is -2.24. The zero-order valence-corrected chi connectivity index (χ0v) is 9.50. The molecule has 0 aliphatic heterocycles. The molecule has 2 aromatic rings. The number of anilines is 1. The summed E-state index contributed by atoms with van der Waals surface area (Å²) >= 11 is 0. The van der Waals surface area contributed by atoms with Crippen LogP contribution in [0.1, 0.15) is 35.7 Å². The van der Waals surface area contributed by atoms with E-state index in [4.69, 9.17) is 5.73 Å². The summed E-state index contributed by atoms with van der Waals surface area (Å²) in [6.07, 6.45) is 4.90. The molecule has 0 amide bonds. The number of aryl methyl sites for hydroxylation is 1. The van der Waals surface area contributed by atoms with Crippen molar-refractivity contribution < 1.29 is 0 Å². The number of fused-ring (bicyclic) bond motifs is 1. The van der Waals surface area contributed by atoms with Gasteiger partial charge in [-0.1, -0.05) is 24.3 Å². The van der Waals surface area contributed by atoms with Crippen molar-refractivity contribution in [3.05, 3.63) is 47.5 Å². The third kappa shape index (κ3) is 1.86. The van der Waals surface area contributed by atoms with Crippen molar-refractivity contribution in [1.29, 1.82) is 0 Å². The van der Waals surface area contributed by atoms with E-state index in [2.05, 4.69) is 39.2 Å². The van der Waals surface area contributed by atoms with E-state index in [1.54, 1.807) is 0 Å². The number of rotatable bonds is 1. The Morgan fingerprint density at radius 1 is 1.18 bits per heavy atom. The van der Waals surface area contributed by atoms with E-state index >= 15 is 0 Å². The van der Waals surface area contributed by atoms with Crippen LogP contribution in [0.15, 0.2) is 30.6 Å². The predicted octanol–water partition coefficient (Wildman–Crippen LogP) is 1.92. The predicted molar refractivity (Wildman–Crippen MR) is 65.5 cm³/mol. The molecule has 0 spiro atoms. The molecule has 1 aliphatic carbocycles. The molecule has 1 unspecified atom stereocenters. The molecule has 0 saturated carbocycles. The van der Waals surface area contributed by atoms with Crippen LogP contribution in [0.3, 0.4) is 0 Å². The molecule has 2 N–H and O–H groups in total. The van der Waals surface area contributed by atoms with E-state index in [-0.39, 0.29) is 5.92 Å². The lowest BCUT2D eigenvalue weighted by Crippen LogP contribution is -2.14. The van der Waals surface area contributed by atoms with Gasteiger partial charge in [-0.25, -0.2) is 9.97 Å². The molecule has 1 aromatic heterocycles. The Morgan fingerprint density at radius 3 is 2.94 bits per heavy atom. The van der Waals surface area contributed by atoms with Crippen LogP contribution >= 0.6 is 0 Å². The molecule has 1 heterocycles. The molecule has 1 aromatic carbocycles. The van der Waals surface area contributed by atoms with Crippen LogP contribution in [-0.4, -0.2) is 15.0 Å². The van der Waals surface area contributed by atoms with Gasteiger partial charge in [0.1, 0.15) is 12.2 Å². The van der Waals surface area contributed by atoms with Gasteiger partial charge in [0.25, 0.3) is 0 Å². The molecule has 86 valence electrons. The van der Waals surface area contributed by atoms with Crippen LogP contribution < -0.4 is 5.73 Å².